The quantitative estimate of drug-likeness (QED) is 0.778. The summed E-state index contributed by atoms with van der Waals surface area (Å²) in [4.78, 5) is 2.13. The monoisotopic (exact) mass is 220 g/mol. The van der Waals surface area contributed by atoms with Gasteiger partial charge in [-0.05, 0) is 38.5 Å². The van der Waals surface area contributed by atoms with Crippen molar-refractivity contribution in [3.8, 4) is 6.07 Å². The highest BCUT2D eigenvalue weighted by Crippen LogP contribution is 2.21. The molecule has 0 saturated heterocycles. The van der Waals surface area contributed by atoms with Gasteiger partial charge in [-0.1, -0.05) is 6.92 Å². The summed E-state index contributed by atoms with van der Waals surface area (Å²) >= 11 is 0. The van der Waals surface area contributed by atoms with Gasteiger partial charge in [0.25, 0.3) is 0 Å². The van der Waals surface area contributed by atoms with Gasteiger partial charge in [0.05, 0.1) is 5.56 Å². The van der Waals surface area contributed by atoms with Crippen LogP contribution < -0.4 is 4.90 Å². The van der Waals surface area contributed by atoms with E-state index < -0.39 is 5.82 Å². The van der Waals surface area contributed by atoms with Crippen molar-refractivity contribution >= 4 is 5.69 Å². The van der Waals surface area contributed by atoms with Crippen LogP contribution >= 0.6 is 0 Å². The summed E-state index contributed by atoms with van der Waals surface area (Å²) in [5.41, 5.74) is 0.942. The molecule has 1 aromatic carbocycles. The van der Waals surface area contributed by atoms with Crippen molar-refractivity contribution in [2.45, 2.75) is 33.2 Å². The number of benzene rings is 1. The lowest BCUT2D eigenvalue weighted by Gasteiger charge is -2.29. The highest BCUT2D eigenvalue weighted by Gasteiger charge is 2.12. The molecule has 2 nitrogen and oxygen atoms in total. The summed E-state index contributed by atoms with van der Waals surface area (Å²) in [7, 11) is 0. The number of nitriles is 1. The van der Waals surface area contributed by atoms with Crippen LogP contribution in [0.25, 0.3) is 0 Å². The molecule has 0 aliphatic carbocycles. The van der Waals surface area contributed by atoms with Crippen molar-refractivity contribution in [1.29, 1.82) is 5.26 Å². The Labute approximate surface area is 96.3 Å². The maximum Gasteiger partial charge on any atom is 0.143 e. The van der Waals surface area contributed by atoms with E-state index in [1.165, 1.54) is 12.1 Å². The van der Waals surface area contributed by atoms with Gasteiger partial charge < -0.3 is 4.90 Å². The molecule has 0 aliphatic heterocycles. The molecule has 16 heavy (non-hydrogen) atoms. The van der Waals surface area contributed by atoms with Gasteiger partial charge in [-0.3, -0.25) is 0 Å². The third kappa shape index (κ3) is 2.52. The average Bonchev–Trinajstić information content (AvgIpc) is 2.30. The zero-order chi connectivity index (χ0) is 12.1. The van der Waals surface area contributed by atoms with Gasteiger partial charge in [0.1, 0.15) is 11.9 Å². The van der Waals surface area contributed by atoms with E-state index in [1.54, 1.807) is 6.07 Å². The van der Waals surface area contributed by atoms with Crippen LogP contribution in [0.1, 0.15) is 32.8 Å². The van der Waals surface area contributed by atoms with Crippen LogP contribution in [0.5, 0.6) is 0 Å². The number of hydrogen-bond acceptors (Lipinski definition) is 2. The molecule has 1 atom stereocenters. The Kier molecular flexibility index (Phi) is 4.30. The van der Waals surface area contributed by atoms with Crippen LogP contribution in [0.15, 0.2) is 18.2 Å². The first-order valence-corrected chi connectivity index (χ1v) is 5.60. The molecule has 0 bridgehead atoms. The van der Waals surface area contributed by atoms with Crippen molar-refractivity contribution in [1.82, 2.24) is 0 Å². The second-order valence-electron chi connectivity index (χ2n) is 3.82. The Morgan fingerprint density at radius 1 is 1.44 bits per heavy atom. The number of halogens is 1. The zero-order valence-corrected chi connectivity index (χ0v) is 10.00. The zero-order valence-electron chi connectivity index (χ0n) is 10.00. The standard InChI is InChI=1S/C13H17FN2/c1-4-10(3)16(5-2)12-7-6-11(9-15)13(14)8-12/h6-8,10H,4-5H2,1-3H3. The minimum atomic E-state index is -0.443. The number of hydrogen-bond donors (Lipinski definition) is 0. The molecule has 0 amide bonds. The smallest absolute Gasteiger partial charge is 0.143 e. The molecule has 0 heterocycles. The molecule has 0 N–H and O–H groups in total. The highest BCUT2D eigenvalue weighted by atomic mass is 19.1. The second-order valence-corrected chi connectivity index (χ2v) is 3.82. The van der Waals surface area contributed by atoms with Crippen molar-refractivity contribution in [2.75, 3.05) is 11.4 Å². The van der Waals surface area contributed by atoms with Gasteiger partial charge in [-0.2, -0.15) is 5.26 Å². The first-order chi connectivity index (χ1) is 7.63. The Morgan fingerprint density at radius 2 is 2.12 bits per heavy atom. The van der Waals surface area contributed by atoms with E-state index in [1.807, 2.05) is 13.0 Å². The van der Waals surface area contributed by atoms with Gasteiger partial charge in [-0.25, -0.2) is 4.39 Å². The minimum Gasteiger partial charge on any atom is -0.369 e. The molecule has 1 unspecified atom stereocenters. The van der Waals surface area contributed by atoms with Gasteiger partial charge in [0, 0.05) is 18.3 Å². The van der Waals surface area contributed by atoms with E-state index in [-0.39, 0.29) is 5.56 Å². The average molecular weight is 220 g/mol. The molecule has 0 aliphatic rings. The molecule has 1 rings (SSSR count). The van der Waals surface area contributed by atoms with Crippen molar-refractivity contribution in [3.05, 3.63) is 29.6 Å². The van der Waals surface area contributed by atoms with E-state index in [9.17, 15) is 4.39 Å². The Morgan fingerprint density at radius 3 is 2.56 bits per heavy atom. The molecule has 1 aromatic rings. The summed E-state index contributed by atoms with van der Waals surface area (Å²) in [5.74, 6) is -0.443. The minimum absolute atomic E-state index is 0.101. The van der Waals surface area contributed by atoms with Crippen LogP contribution in [-0.2, 0) is 0 Å². The van der Waals surface area contributed by atoms with E-state index in [0.717, 1.165) is 18.7 Å². The van der Waals surface area contributed by atoms with Crippen molar-refractivity contribution in [2.24, 2.45) is 0 Å². The molecule has 0 spiro atoms. The SMILES string of the molecule is CCC(C)N(CC)c1ccc(C#N)c(F)c1. The van der Waals surface area contributed by atoms with E-state index in [4.69, 9.17) is 5.26 Å². The lowest BCUT2D eigenvalue weighted by Crippen LogP contribution is -2.32. The predicted molar refractivity (Wildman–Crippen MR) is 63.9 cm³/mol. The van der Waals surface area contributed by atoms with Crippen LogP contribution in [0.3, 0.4) is 0 Å². The van der Waals surface area contributed by atoms with Gasteiger partial charge in [-0.15, -0.1) is 0 Å². The van der Waals surface area contributed by atoms with Crippen LogP contribution in [-0.4, -0.2) is 12.6 Å². The largest absolute Gasteiger partial charge is 0.369 e. The molecule has 0 fully saturated rings. The number of anilines is 1. The number of nitrogens with zero attached hydrogens (tertiary/aromatic N) is 2. The molecule has 0 radical (unpaired) electrons. The Hall–Kier alpha value is -1.56. The maximum atomic E-state index is 13.5. The molecule has 0 aromatic heterocycles. The molecular weight excluding hydrogens is 203 g/mol. The lowest BCUT2D eigenvalue weighted by molar-refractivity contribution is 0.609. The lowest BCUT2D eigenvalue weighted by atomic mass is 10.1. The highest BCUT2D eigenvalue weighted by molar-refractivity contribution is 5.51. The van der Waals surface area contributed by atoms with Crippen LogP contribution in [0.2, 0.25) is 0 Å². The maximum absolute atomic E-state index is 13.5. The normalized spacial score (nSPS) is 11.9. The fourth-order valence-electron chi connectivity index (χ4n) is 1.74. The van der Waals surface area contributed by atoms with Gasteiger partial charge in [0.15, 0.2) is 0 Å². The molecule has 86 valence electrons. The fraction of sp³-hybridized carbons (Fsp3) is 0.462. The molecular formula is C13H17FN2. The second kappa shape index (κ2) is 5.50. The summed E-state index contributed by atoms with van der Waals surface area (Å²) in [6, 6.07) is 6.98. The Bertz CT molecular complexity index is 395. The first kappa shape index (κ1) is 12.5. The van der Waals surface area contributed by atoms with E-state index in [0.29, 0.717) is 6.04 Å². The first-order valence-electron chi connectivity index (χ1n) is 5.60. The number of rotatable bonds is 4. The Balaban J connectivity index is 3.04. The van der Waals surface area contributed by atoms with Crippen molar-refractivity contribution in [3.63, 3.8) is 0 Å². The van der Waals surface area contributed by atoms with Crippen molar-refractivity contribution < 1.29 is 4.39 Å². The summed E-state index contributed by atoms with van der Waals surface area (Å²) in [6.07, 6.45) is 1.01. The van der Waals surface area contributed by atoms with E-state index in [2.05, 4.69) is 18.7 Å². The van der Waals surface area contributed by atoms with Gasteiger partial charge in [0.2, 0.25) is 0 Å². The summed E-state index contributed by atoms with van der Waals surface area (Å²) in [6.45, 7) is 7.09. The summed E-state index contributed by atoms with van der Waals surface area (Å²) in [5, 5.41) is 8.66. The predicted octanol–water partition coefficient (Wildman–Crippen LogP) is 3.32. The van der Waals surface area contributed by atoms with E-state index >= 15 is 0 Å². The third-order valence-electron chi connectivity index (χ3n) is 2.87. The summed E-state index contributed by atoms with van der Waals surface area (Å²) < 4.78 is 13.5. The topological polar surface area (TPSA) is 27.0 Å². The molecule has 3 heteroatoms. The van der Waals surface area contributed by atoms with Crippen LogP contribution in [0.4, 0.5) is 10.1 Å². The molecule has 0 saturated carbocycles. The fourth-order valence-corrected chi connectivity index (χ4v) is 1.74. The van der Waals surface area contributed by atoms with Gasteiger partial charge >= 0.3 is 0 Å². The van der Waals surface area contributed by atoms with Crippen LogP contribution in [0, 0.1) is 17.1 Å². The third-order valence-corrected chi connectivity index (χ3v) is 2.87.